The number of ether oxygens (including phenoxy) is 3. The Morgan fingerprint density at radius 1 is 1.02 bits per heavy atom. The second kappa shape index (κ2) is 12.5. The van der Waals surface area contributed by atoms with Crippen molar-refractivity contribution in [2.45, 2.75) is 19.3 Å². The summed E-state index contributed by atoms with van der Waals surface area (Å²) in [5, 5.41) is 5.41. The maximum Gasteiger partial charge on any atom is 0.264 e. The van der Waals surface area contributed by atoms with Crippen molar-refractivity contribution in [2.75, 3.05) is 32.6 Å². The van der Waals surface area contributed by atoms with Gasteiger partial charge in [0.25, 0.3) is 5.91 Å². The zero-order valence-corrected chi connectivity index (χ0v) is 24.0. The van der Waals surface area contributed by atoms with Gasteiger partial charge in [0, 0.05) is 42.7 Å². The first-order valence-electron chi connectivity index (χ1n) is 12.8. The van der Waals surface area contributed by atoms with E-state index in [-0.39, 0.29) is 29.1 Å². The third-order valence-corrected chi connectivity index (χ3v) is 7.81. The average molecular weight is 595 g/mol. The summed E-state index contributed by atoms with van der Waals surface area (Å²) in [4.78, 5) is 32.2. The number of thiocarbonyl (C=S) groups is 1. The van der Waals surface area contributed by atoms with Crippen molar-refractivity contribution in [1.29, 1.82) is 0 Å². The van der Waals surface area contributed by atoms with E-state index in [0.29, 0.717) is 43.6 Å². The maximum atomic E-state index is 15.0. The highest BCUT2D eigenvalue weighted by atomic mass is 32.1. The molecule has 0 radical (unpaired) electrons. The molecule has 0 bridgehead atoms. The van der Waals surface area contributed by atoms with Crippen LogP contribution in [-0.4, -0.2) is 54.1 Å². The Labute approximate surface area is 245 Å². The average Bonchev–Trinajstić information content (AvgIpc) is 3.65. The summed E-state index contributed by atoms with van der Waals surface area (Å²) in [6, 6.07) is 12.8. The molecule has 2 aromatic heterocycles. The van der Waals surface area contributed by atoms with Gasteiger partial charge < -0.3 is 29.7 Å². The predicted molar refractivity (Wildman–Crippen MR) is 159 cm³/mol. The standard InChI is InChI=1S/C29H27FN4O5S2/c1-37-19-6-8-22(38-2)17(13-19)14-26(35)33-29(40)32-18-5-7-23(20(30)15-18)39-24-9-10-31-21-16-25(41-27(21)24)28(36)34-11-3-4-12-34/h5-10,13,15-16H,3-4,11-12,14H2,1-2H3,(H2,32,33,35,40). The zero-order valence-electron chi connectivity index (χ0n) is 22.4. The number of amides is 2. The maximum absolute atomic E-state index is 15.0. The highest BCUT2D eigenvalue weighted by molar-refractivity contribution is 7.80. The summed E-state index contributed by atoms with van der Waals surface area (Å²) in [6.07, 6.45) is 3.56. The number of nitrogens with zero attached hydrogens (tertiary/aromatic N) is 2. The zero-order chi connectivity index (χ0) is 28.9. The van der Waals surface area contributed by atoms with E-state index in [0.717, 1.165) is 25.9 Å². The number of hydrogen-bond donors (Lipinski definition) is 2. The number of nitrogens with one attached hydrogen (secondary N) is 2. The van der Waals surface area contributed by atoms with Gasteiger partial charge in [-0.25, -0.2) is 4.39 Å². The van der Waals surface area contributed by atoms with E-state index in [4.69, 9.17) is 26.4 Å². The number of methoxy groups -OCH3 is 2. The van der Waals surface area contributed by atoms with Crippen LogP contribution in [0.3, 0.4) is 0 Å². The number of aromatic nitrogens is 1. The Morgan fingerprint density at radius 2 is 1.80 bits per heavy atom. The molecule has 1 aliphatic rings. The summed E-state index contributed by atoms with van der Waals surface area (Å²) in [5.74, 6) is 0.481. The Bertz CT molecular complexity index is 1620. The molecule has 0 atom stereocenters. The van der Waals surface area contributed by atoms with Crippen LogP contribution >= 0.6 is 23.6 Å². The number of carbonyl (C=O) groups excluding carboxylic acids is 2. The number of rotatable bonds is 8. The molecule has 2 N–H and O–H groups in total. The van der Waals surface area contributed by atoms with Crippen LogP contribution in [0.5, 0.6) is 23.0 Å². The summed E-state index contributed by atoms with van der Waals surface area (Å²) >= 11 is 6.53. The second-order valence-corrected chi connectivity index (χ2v) is 10.7. The number of halogens is 1. The molecule has 0 unspecified atom stereocenters. The highest BCUT2D eigenvalue weighted by Crippen LogP contribution is 2.37. The van der Waals surface area contributed by atoms with E-state index < -0.39 is 5.82 Å². The molecule has 1 saturated heterocycles. The van der Waals surface area contributed by atoms with Crippen LogP contribution in [0, 0.1) is 5.82 Å². The fourth-order valence-corrected chi connectivity index (χ4v) is 5.75. The van der Waals surface area contributed by atoms with Crippen molar-refractivity contribution < 1.29 is 28.2 Å². The number of likely N-dealkylation sites (tertiary alicyclic amines) is 1. The van der Waals surface area contributed by atoms with Crippen LogP contribution in [0.2, 0.25) is 0 Å². The van der Waals surface area contributed by atoms with Crippen molar-refractivity contribution in [3.63, 3.8) is 0 Å². The van der Waals surface area contributed by atoms with Gasteiger partial charge in [0.15, 0.2) is 16.7 Å². The highest BCUT2D eigenvalue weighted by Gasteiger charge is 2.23. The van der Waals surface area contributed by atoms with Crippen LogP contribution in [0.1, 0.15) is 28.1 Å². The lowest BCUT2D eigenvalue weighted by Crippen LogP contribution is -2.35. The molecule has 12 heteroatoms. The molecule has 9 nitrogen and oxygen atoms in total. The van der Waals surface area contributed by atoms with Crippen LogP contribution < -0.4 is 24.8 Å². The Morgan fingerprint density at radius 3 is 2.54 bits per heavy atom. The molecule has 2 amide bonds. The number of fused-ring (bicyclic) bond motifs is 1. The lowest BCUT2D eigenvalue weighted by atomic mass is 10.1. The first kappa shape index (κ1) is 28.2. The Hall–Kier alpha value is -4.29. The quantitative estimate of drug-likeness (QED) is 0.257. The molecule has 4 aromatic rings. The number of hydrogen-bond acceptors (Lipinski definition) is 8. The molecule has 1 aliphatic heterocycles. The van der Waals surface area contributed by atoms with Gasteiger partial charge in [-0.3, -0.25) is 14.6 Å². The molecule has 1 fully saturated rings. The van der Waals surface area contributed by atoms with Crippen LogP contribution in [-0.2, 0) is 11.2 Å². The summed E-state index contributed by atoms with van der Waals surface area (Å²) in [7, 11) is 3.05. The third-order valence-electron chi connectivity index (χ3n) is 6.48. The number of anilines is 1. The van der Waals surface area contributed by atoms with E-state index in [9.17, 15) is 9.59 Å². The molecule has 5 rings (SSSR count). The van der Waals surface area contributed by atoms with Crippen molar-refractivity contribution in [3.05, 3.63) is 71.0 Å². The van der Waals surface area contributed by atoms with E-state index in [2.05, 4.69) is 15.6 Å². The number of benzene rings is 2. The normalized spacial score (nSPS) is 12.7. The molecular weight excluding hydrogens is 567 g/mol. The van der Waals surface area contributed by atoms with Gasteiger partial charge in [0.2, 0.25) is 5.91 Å². The minimum Gasteiger partial charge on any atom is -0.497 e. The topological polar surface area (TPSA) is 102 Å². The Kier molecular flexibility index (Phi) is 8.60. The van der Waals surface area contributed by atoms with Gasteiger partial charge in [0.1, 0.15) is 17.2 Å². The first-order chi connectivity index (χ1) is 19.8. The van der Waals surface area contributed by atoms with Gasteiger partial charge in [-0.15, -0.1) is 11.3 Å². The minimum atomic E-state index is -0.639. The first-order valence-corrected chi connectivity index (χ1v) is 14.0. The van der Waals surface area contributed by atoms with Gasteiger partial charge in [-0.1, -0.05) is 0 Å². The Balaban J connectivity index is 1.23. The molecule has 3 heterocycles. The summed E-state index contributed by atoms with van der Waals surface area (Å²) in [5.41, 5.74) is 1.57. The minimum absolute atomic E-state index is 0.00218. The molecule has 0 spiro atoms. The number of thiophene rings is 1. The number of pyridine rings is 1. The van der Waals surface area contributed by atoms with Crippen LogP contribution in [0.4, 0.5) is 10.1 Å². The van der Waals surface area contributed by atoms with Gasteiger partial charge in [-0.2, -0.15) is 0 Å². The van der Waals surface area contributed by atoms with E-state index in [1.807, 2.05) is 4.90 Å². The molecule has 0 saturated carbocycles. The van der Waals surface area contributed by atoms with Crippen LogP contribution in [0.25, 0.3) is 10.2 Å². The van der Waals surface area contributed by atoms with Crippen molar-refractivity contribution in [2.24, 2.45) is 0 Å². The fourth-order valence-electron chi connectivity index (χ4n) is 4.48. The van der Waals surface area contributed by atoms with Crippen LogP contribution in [0.15, 0.2) is 54.7 Å². The lowest BCUT2D eigenvalue weighted by Gasteiger charge is -2.13. The lowest BCUT2D eigenvalue weighted by molar-refractivity contribution is -0.119. The fraction of sp³-hybridized carbons (Fsp3) is 0.241. The third kappa shape index (κ3) is 6.55. The molecule has 2 aromatic carbocycles. The molecular formula is C29H27FN4O5S2. The van der Waals surface area contributed by atoms with Crippen molar-refractivity contribution in [3.8, 4) is 23.0 Å². The summed E-state index contributed by atoms with van der Waals surface area (Å²) in [6.45, 7) is 1.50. The molecule has 212 valence electrons. The SMILES string of the molecule is COc1ccc(OC)c(CC(=O)NC(=S)Nc2ccc(Oc3ccnc4cc(C(=O)N5CCCC5)sc34)c(F)c2)c1. The largest absolute Gasteiger partial charge is 0.497 e. The monoisotopic (exact) mass is 594 g/mol. The van der Waals surface area contributed by atoms with Crippen molar-refractivity contribution in [1.82, 2.24) is 15.2 Å². The van der Waals surface area contributed by atoms with E-state index in [1.165, 1.54) is 37.7 Å². The second-order valence-electron chi connectivity index (χ2n) is 9.24. The van der Waals surface area contributed by atoms with E-state index >= 15 is 4.39 Å². The predicted octanol–water partition coefficient (Wildman–Crippen LogP) is 5.54. The summed E-state index contributed by atoms with van der Waals surface area (Å²) < 4.78 is 32.1. The molecule has 41 heavy (non-hydrogen) atoms. The van der Waals surface area contributed by atoms with Gasteiger partial charge in [-0.05, 0) is 61.5 Å². The van der Waals surface area contributed by atoms with Crippen molar-refractivity contribution >= 4 is 56.4 Å². The molecule has 0 aliphatic carbocycles. The van der Waals surface area contributed by atoms with Gasteiger partial charge in [0.05, 0.1) is 35.7 Å². The van der Waals surface area contributed by atoms with Gasteiger partial charge >= 0.3 is 0 Å². The van der Waals surface area contributed by atoms with E-state index in [1.54, 1.807) is 42.6 Å². The smallest absolute Gasteiger partial charge is 0.264 e. The number of carbonyl (C=O) groups is 2.